The molecule has 1 aromatic carbocycles. The van der Waals surface area contributed by atoms with Gasteiger partial charge in [-0.05, 0) is 54.2 Å². The summed E-state index contributed by atoms with van der Waals surface area (Å²) in [4.78, 5) is 2.53. The minimum Gasteiger partial charge on any atom is -0.309 e. The Balaban J connectivity index is 2.30. The summed E-state index contributed by atoms with van der Waals surface area (Å²) in [6.07, 6.45) is 2.19. The van der Waals surface area contributed by atoms with Gasteiger partial charge in [-0.2, -0.15) is 0 Å². The van der Waals surface area contributed by atoms with E-state index in [1.165, 1.54) is 6.07 Å². The van der Waals surface area contributed by atoms with E-state index in [2.05, 4.69) is 53.8 Å². The Hall–Kier alpha value is -0.450. The van der Waals surface area contributed by atoms with Crippen LogP contribution in [0.1, 0.15) is 46.1 Å². The highest BCUT2D eigenvalue weighted by Gasteiger charge is 2.41. The van der Waals surface area contributed by atoms with Crippen LogP contribution in [-0.2, 0) is 6.54 Å². The first-order valence-corrected chi connectivity index (χ1v) is 8.56. The molecule has 0 bridgehead atoms. The molecule has 1 saturated heterocycles. The summed E-state index contributed by atoms with van der Waals surface area (Å²) in [5.41, 5.74) is 1.27. The van der Waals surface area contributed by atoms with E-state index in [1.807, 2.05) is 6.07 Å². The zero-order valence-corrected chi connectivity index (χ0v) is 15.1. The number of halogens is 2. The summed E-state index contributed by atoms with van der Waals surface area (Å²) in [6, 6.07) is 5.31. The fourth-order valence-corrected chi connectivity index (χ4v) is 3.65. The Morgan fingerprint density at radius 1 is 1.29 bits per heavy atom. The maximum atomic E-state index is 13.8. The Morgan fingerprint density at radius 3 is 2.57 bits per heavy atom. The van der Waals surface area contributed by atoms with Crippen LogP contribution in [0.15, 0.2) is 22.7 Å². The molecule has 4 heteroatoms. The van der Waals surface area contributed by atoms with E-state index in [1.54, 1.807) is 6.07 Å². The van der Waals surface area contributed by atoms with Crippen molar-refractivity contribution in [2.45, 2.75) is 58.2 Å². The third-order valence-electron chi connectivity index (χ3n) is 4.86. The molecule has 0 saturated carbocycles. The normalized spacial score (nSPS) is 21.4. The predicted molar refractivity (Wildman–Crippen MR) is 89.9 cm³/mol. The molecule has 118 valence electrons. The topological polar surface area (TPSA) is 15.3 Å². The predicted octanol–water partition coefficient (Wildman–Crippen LogP) is 4.33. The fourth-order valence-electron chi connectivity index (χ4n) is 3.26. The lowest BCUT2D eigenvalue weighted by molar-refractivity contribution is 0.00213. The van der Waals surface area contributed by atoms with Crippen LogP contribution in [0, 0.1) is 5.82 Å². The third kappa shape index (κ3) is 3.49. The number of nitrogens with one attached hydrogen (secondary N) is 1. The minimum atomic E-state index is -0.180. The first-order valence-electron chi connectivity index (χ1n) is 7.76. The van der Waals surface area contributed by atoms with Crippen molar-refractivity contribution in [3.63, 3.8) is 0 Å². The summed E-state index contributed by atoms with van der Waals surface area (Å²) < 4.78 is 14.4. The van der Waals surface area contributed by atoms with E-state index < -0.39 is 0 Å². The molecule has 0 unspecified atom stereocenters. The van der Waals surface area contributed by atoms with Crippen LogP contribution in [0.2, 0.25) is 0 Å². The zero-order chi connectivity index (χ0) is 15.7. The third-order valence-corrected chi connectivity index (χ3v) is 5.75. The molecular weight excluding hydrogens is 331 g/mol. The van der Waals surface area contributed by atoms with Gasteiger partial charge in [-0.1, -0.05) is 26.0 Å². The van der Waals surface area contributed by atoms with Crippen molar-refractivity contribution < 1.29 is 4.39 Å². The van der Waals surface area contributed by atoms with Crippen LogP contribution in [0.5, 0.6) is 0 Å². The molecule has 2 rings (SSSR count). The van der Waals surface area contributed by atoms with Crippen molar-refractivity contribution in [3.05, 3.63) is 34.1 Å². The fraction of sp³-hybridized carbons (Fsp3) is 0.647. The maximum Gasteiger partial charge on any atom is 0.137 e. The highest BCUT2D eigenvalue weighted by Crippen LogP contribution is 2.33. The van der Waals surface area contributed by atoms with E-state index in [9.17, 15) is 4.39 Å². The quantitative estimate of drug-likeness (QED) is 0.863. The van der Waals surface area contributed by atoms with Crippen molar-refractivity contribution >= 4 is 15.9 Å². The molecular formula is C17H26BrFN2. The van der Waals surface area contributed by atoms with E-state index in [-0.39, 0.29) is 16.9 Å². The lowest BCUT2D eigenvalue weighted by Gasteiger charge is -2.52. The van der Waals surface area contributed by atoms with Crippen molar-refractivity contribution in [2.24, 2.45) is 0 Å². The van der Waals surface area contributed by atoms with Crippen LogP contribution in [0.3, 0.4) is 0 Å². The molecule has 0 aromatic heterocycles. The Morgan fingerprint density at radius 2 is 1.95 bits per heavy atom. The summed E-state index contributed by atoms with van der Waals surface area (Å²) in [7, 11) is 0. The molecule has 1 fully saturated rings. The van der Waals surface area contributed by atoms with Crippen molar-refractivity contribution in [2.75, 3.05) is 13.1 Å². The second-order valence-electron chi connectivity index (χ2n) is 6.74. The van der Waals surface area contributed by atoms with Gasteiger partial charge in [0.25, 0.3) is 0 Å². The molecule has 1 aliphatic heterocycles. The number of piperazine rings is 1. The Kier molecular flexibility index (Phi) is 5.11. The number of hydrogen-bond acceptors (Lipinski definition) is 2. The van der Waals surface area contributed by atoms with Gasteiger partial charge in [0.1, 0.15) is 5.82 Å². The van der Waals surface area contributed by atoms with Crippen LogP contribution < -0.4 is 5.32 Å². The van der Waals surface area contributed by atoms with Crippen molar-refractivity contribution in [1.29, 1.82) is 0 Å². The standard InChI is InChI=1S/C17H26BrFN2/c1-5-17(6-2)11-20-16(3,4)12-21(17)10-13-8-7-9-14(19)15(13)18/h7-9,20H,5-6,10-12H2,1-4H3. The van der Waals surface area contributed by atoms with Gasteiger partial charge in [-0.3, -0.25) is 4.90 Å². The highest BCUT2D eigenvalue weighted by molar-refractivity contribution is 9.10. The lowest BCUT2D eigenvalue weighted by atomic mass is 9.84. The molecule has 2 nitrogen and oxygen atoms in total. The molecule has 1 aromatic rings. The monoisotopic (exact) mass is 356 g/mol. The summed E-state index contributed by atoms with van der Waals surface area (Å²) in [5.74, 6) is -0.180. The van der Waals surface area contributed by atoms with E-state index in [0.717, 1.165) is 38.0 Å². The minimum absolute atomic E-state index is 0.0909. The summed E-state index contributed by atoms with van der Waals surface area (Å²) in [6.45, 7) is 11.7. The average molecular weight is 357 g/mol. The van der Waals surface area contributed by atoms with Gasteiger partial charge in [-0.15, -0.1) is 0 Å². The van der Waals surface area contributed by atoms with Gasteiger partial charge in [0, 0.05) is 30.7 Å². The molecule has 0 spiro atoms. The molecule has 0 atom stereocenters. The second-order valence-corrected chi connectivity index (χ2v) is 7.53. The number of benzene rings is 1. The summed E-state index contributed by atoms with van der Waals surface area (Å²) in [5, 5.41) is 3.67. The van der Waals surface area contributed by atoms with Gasteiger partial charge < -0.3 is 5.32 Å². The largest absolute Gasteiger partial charge is 0.309 e. The number of hydrogen-bond donors (Lipinski definition) is 1. The Bertz CT molecular complexity index is 498. The van der Waals surface area contributed by atoms with E-state index in [0.29, 0.717) is 4.47 Å². The molecule has 0 amide bonds. The number of rotatable bonds is 4. The van der Waals surface area contributed by atoms with Crippen LogP contribution >= 0.6 is 15.9 Å². The van der Waals surface area contributed by atoms with Gasteiger partial charge in [0.05, 0.1) is 4.47 Å². The molecule has 1 heterocycles. The molecule has 21 heavy (non-hydrogen) atoms. The molecule has 1 aliphatic rings. The summed E-state index contributed by atoms with van der Waals surface area (Å²) >= 11 is 3.40. The lowest BCUT2D eigenvalue weighted by Crippen LogP contribution is -2.67. The highest BCUT2D eigenvalue weighted by atomic mass is 79.9. The van der Waals surface area contributed by atoms with Crippen LogP contribution in [0.4, 0.5) is 4.39 Å². The smallest absolute Gasteiger partial charge is 0.137 e. The van der Waals surface area contributed by atoms with Gasteiger partial charge in [0.15, 0.2) is 0 Å². The van der Waals surface area contributed by atoms with Gasteiger partial charge in [-0.25, -0.2) is 4.39 Å². The first kappa shape index (κ1) is 16.9. The van der Waals surface area contributed by atoms with Crippen LogP contribution in [-0.4, -0.2) is 29.1 Å². The van der Waals surface area contributed by atoms with E-state index in [4.69, 9.17) is 0 Å². The molecule has 0 radical (unpaired) electrons. The average Bonchev–Trinajstić information content (AvgIpc) is 2.44. The van der Waals surface area contributed by atoms with Gasteiger partial charge in [0.2, 0.25) is 0 Å². The molecule has 1 N–H and O–H groups in total. The zero-order valence-electron chi connectivity index (χ0n) is 13.5. The van der Waals surface area contributed by atoms with Crippen LogP contribution in [0.25, 0.3) is 0 Å². The van der Waals surface area contributed by atoms with Gasteiger partial charge >= 0.3 is 0 Å². The molecule has 0 aliphatic carbocycles. The first-order chi connectivity index (χ1) is 9.83. The SMILES string of the molecule is CCC1(CC)CNC(C)(C)CN1Cc1cccc(F)c1Br. The second kappa shape index (κ2) is 6.35. The van der Waals surface area contributed by atoms with E-state index >= 15 is 0 Å². The number of nitrogens with zero attached hydrogens (tertiary/aromatic N) is 1. The van der Waals surface area contributed by atoms with Crippen molar-refractivity contribution in [1.82, 2.24) is 10.2 Å². The Labute approximate surface area is 136 Å². The maximum absolute atomic E-state index is 13.8. The van der Waals surface area contributed by atoms with Crippen molar-refractivity contribution in [3.8, 4) is 0 Å².